The fourth-order valence-electron chi connectivity index (χ4n) is 4.87. The summed E-state index contributed by atoms with van der Waals surface area (Å²) in [5.74, 6) is 0.914. The SMILES string of the molecule is Cc1cc(=O)n(C)c2c3c(ccc12)O[C@]1(C)[C@@H]2NC(=O)N=C(N)[C@@H]2[C@H]31. The predicted octanol–water partition coefficient (Wildman–Crippen LogP) is 1.16. The number of aromatic nitrogens is 1. The first-order chi connectivity index (χ1) is 11.8. The fourth-order valence-corrected chi connectivity index (χ4v) is 4.87. The van der Waals surface area contributed by atoms with E-state index in [4.69, 9.17) is 10.5 Å². The second kappa shape index (κ2) is 4.22. The number of rotatable bonds is 0. The Bertz CT molecular complexity index is 1070. The number of hydrogen-bond acceptors (Lipinski definition) is 4. The molecule has 3 heterocycles. The van der Waals surface area contributed by atoms with E-state index in [2.05, 4.69) is 10.3 Å². The lowest BCUT2D eigenvalue weighted by atomic mass is 9.55. The van der Waals surface area contributed by atoms with E-state index in [0.29, 0.717) is 5.84 Å². The lowest BCUT2D eigenvalue weighted by molar-refractivity contribution is -0.0491. The summed E-state index contributed by atoms with van der Waals surface area (Å²) in [5.41, 5.74) is 8.24. The maximum absolute atomic E-state index is 12.3. The van der Waals surface area contributed by atoms with Crippen LogP contribution in [-0.2, 0) is 7.05 Å². The molecule has 128 valence electrons. The molecular formula is C18H18N4O3. The maximum Gasteiger partial charge on any atom is 0.342 e. The van der Waals surface area contributed by atoms with Gasteiger partial charge in [0.15, 0.2) is 0 Å². The number of aliphatic imine (C=N–C) groups is 1. The molecule has 0 unspecified atom stereocenters. The highest BCUT2D eigenvalue weighted by Gasteiger charge is 2.69. The molecule has 0 bridgehead atoms. The van der Waals surface area contributed by atoms with Crippen LogP contribution < -0.4 is 21.3 Å². The number of hydrogen-bond donors (Lipinski definition) is 2. The number of nitrogens with one attached hydrogen (secondary N) is 1. The number of carbonyl (C=O) groups is 1. The van der Waals surface area contributed by atoms with E-state index < -0.39 is 11.6 Å². The molecule has 0 spiro atoms. The summed E-state index contributed by atoms with van der Waals surface area (Å²) in [5, 5.41) is 3.90. The minimum Gasteiger partial charge on any atom is -0.484 e. The third-order valence-electron chi connectivity index (χ3n) is 6.05. The number of nitrogens with two attached hydrogens (primary N) is 1. The number of aryl methyl sites for hydroxylation is 2. The van der Waals surface area contributed by atoms with Crippen molar-refractivity contribution < 1.29 is 9.53 Å². The Hall–Kier alpha value is -2.83. The van der Waals surface area contributed by atoms with Gasteiger partial charge >= 0.3 is 6.03 Å². The second-order valence-electron chi connectivity index (χ2n) is 7.35. The number of nitrogens with zero attached hydrogens (tertiary/aromatic N) is 2. The molecule has 2 amide bonds. The number of fused-ring (bicyclic) bond motifs is 8. The summed E-state index contributed by atoms with van der Waals surface area (Å²) in [4.78, 5) is 28.0. The van der Waals surface area contributed by atoms with Crippen LogP contribution in [0.1, 0.15) is 24.0 Å². The lowest BCUT2D eigenvalue weighted by Gasteiger charge is -2.55. The average Bonchev–Trinajstić information content (AvgIpc) is 2.79. The van der Waals surface area contributed by atoms with Gasteiger partial charge in [-0.2, -0.15) is 4.99 Å². The molecule has 7 heteroatoms. The molecule has 7 nitrogen and oxygen atoms in total. The number of pyridine rings is 1. The van der Waals surface area contributed by atoms with Crippen molar-refractivity contribution in [3.63, 3.8) is 0 Å². The second-order valence-corrected chi connectivity index (χ2v) is 7.35. The van der Waals surface area contributed by atoms with Crippen LogP contribution in [-0.4, -0.2) is 28.1 Å². The van der Waals surface area contributed by atoms with Crippen LogP contribution in [0, 0.1) is 12.8 Å². The van der Waals surface area contributed by atoms with Crippen LogP contribution >= 0.6 is 0 Å². The quantitative estimate of drug-likeness (QED) is 0.753. The molecule has 25 heavy (non-hydrogen) atoms. The minimum absolute atomic E-state index is 0.0482. The zero-order valence-corrected chi connectivity index (χ0v) is 14.2. The van der Waals surface area contributed by atoms with Crippen molar-refractivity contribution in [1.29, 1.82) is 0 Å². The molecule has 2 aromatic rings. The largest absolute Gasteiger partial charge is 0.484 e. The molecule has 3 aliphatic rings. The number of carbonyl (C=O) groups excluding carboxylic acids is 1. The number of ether oxygens (including phenoxy) is 1. The van der Waals surface area contributed by atoms with Crippen LogP contribution in [0.4, 0.5) is 4.79 Å². The zero-order chi connectivity index (χ0) is 17.7. The van der Waals surface area contributed by atoms with E-state index in [1.54, 1.807) is 17.7 Å². The first kappa shape index (κ1) is 14.5. The van der Waals surface area contributed by atoms with Gasteiger partial charge in [0.05, 0.1) is 17.5 Å². The average molecular weight is 338 g/mol. The van der Waals surface area contributed by atoms with Crippen molar-refractivity contribution >= 4 is 22.8 Å². The van der Waals surface area contributed by atoms with E-state index in [-0.39, 0.29) is 23.4 Å². The number of amidine groups is 1. The monoisotopic (exact) mass is 338 g/mol. The van der Waals surface area contributed by atoms with Gasteiger partial charge in [-0.3, -0.25) is 4.79 Å². The van der Waals surface area contributed by atoms with Crippen LogP contribution in [0.3, 0.4) is 0 Å². The van der Waals surface area contributed by atoms with Gasteiger partial charge in [0.25, 0.3) is 5.56 Å². The van der Waals surface area contributed by atoms with Crippen molar-refractivity contribution in [2.45, 2.75) is 31.4 Å². The molecule has 0 radical (unpaired) electrons. The van der Waals surface area contributed by atoms with Gasteiger partial charge in [0, 0.05) is 30.0 Å². The summed E-state index contributed by atoms with van der Waals surface area (Å²) in [6.45, 7) is 3.92. The van der Waals surface area contributed by atoms with Crippen LogP contribution in [0.5, 0.6) is 5.75 Å². The van der Waals surface area contributed by atoms with E-state index in [1.807, 2.05) is 26.0 Å². The topological polar surface area (TPSA) is 98.7 Å². The van der Waals surface area contributed by atoms with Gasteiger partial charge < -0.3 is 20.4 Å². The molecule has 2 aliphatic heterocycles. The maximum atomic E-state index is 12.3. The van der Waals surface area contributed by atoms with Gasteiger partial charge in [-0.1, -0.05) is 0 Å². The first-order valence-corrected chi connectivity index (χ1v) is 8.29. The number of urea groups is 1. The highest BCUT2D eigenvalue weighted by Crippen LogP contribution is 2.61. The van der Waals surface area contributed by atoms with E-state index >= 15 is 0 Å². The summed E-state index contributed by atoms with van der Waals surface area (Å²) < 4.78 is 7.93. The Morgan fingerprint density at radius 3 is 2.88 bits per heavy atom. The Morgan fingerprint density at radius 2 is 2.12 bits per heavy atom. The molecule has 1 fully saturated rings. The molecular weight excluding hydrogens is 320 g/mol. The van der Waals surface area contributed by atoms with Gasteiger partial charge in [0.1, 0.15) is 17.2 Å². The molecule has 1 aromatic heterocycles. The predicted molar refractivity (Wildman–Crippen MR) is 93.1 cm³/mol. The Balaban J connectivity index is 1.82. The molecule has 3 N–H and O–H groups in total. The van der Waals surface area contributed by atoms with Gasteiger partial charge in [0.2, 0.25) is 0 Å². The van der Waals surface area contributed by atoms with Crippen molar-refractivity contribution in [1.82, 2.24) is 9.88 Å². The molecule has 1 aromatic carbocycles. The summed E-state index contributed by atoms with van der Waals surface area (Å²) in [7, 11) is 1.77. The third-order valence-corrected chi connectivity index (χ3v) is 6.05. The van der Waals surface area contributed by atoms with E-state index in [9.17, 15) is 9.59 Å². The number of amides is 2. The zero-order valence-electron chi connectivity index (χ0n) is 14.2. The third kappa shape index (κ3) is 1.54. The molecule has 0 saturated heterocycles. The Labute approximate surface area is 143 Å². The molecule has 5 rings (SSSR count). The summed E-state index contributed by atoms with van der Waals surface area (Å²) in [6.07, 6.45) is 0. The fraction of sp³-hybridized carbons (Fsp3) is 0.389. The summed E-state index contributed by atoms with van der Waals surface area (Å²) >= 11 is 0. The highest BCUT2D eigenvalue weighted by atomic mass is 16.5. The van der Waals surface area contributed by atoms with Gasteiger partial charge in [-0.05, 0) is 31.5 Å². The van der Waals surface area contributed by atoms with Crippen molar-refractivity contribution in [3.8, 4) is 5.75 Å². The van der Waals surface area contributed by atoms with Crippen molar-refractivity contribution in [2.75, 3.05) is 0 Å². The lowest BCUT2D eigenvalue weighted by Crippen LogP contribution is -2.74. The Morgan fingerprint density at radius 1 is 1.36 bits per heavy atom. The molecule has 4 atom stereocenters. The minimum atomic E-state index is -0.586. The van der Waals surface area contributed by atoms with Crippen molar-refractivity contribution in [2.24, 2.45) is 23.7 Å². The van der Waals surface area contributed by atoms with Crippen LogP contribution in [0.25, 0.3) is 10.9 Å². The molecule has 1 aliphatic carbocycles. The summed E-state index contributed by atoms with van der Waals surface area (Å²) in [6, 6.07) is 4.93. The first-order valence-electron chi connectivity index (χ1n) is 8.29. The van der Waals surface area contributed by atoms with E-state index in [1.165, 1.54) is 0 Å². The van der Waals surface area contributed by atoms with Crippen molar-refractivity contribution in [3.05, 3.63) is 39.7 Å². The molecule has 1 saturated carbocycles. The van der Waals surface area contributed by atoms with Gasteiger partial charge in [-0.25, -0.2) is 4.79 Å². The van der Waals surface area contributed by atoms with Crippen LogP contribution in [0.2, 0.25) is 0 Å². The Kier molecular flexibility index (Phi) is 2.45. The standard InChI is InChI=1S/C18H18N4O3/c1-7-6-10(23)22(3)14-8(7)4-5-9-11(14)13-12-15(18(13,2)25-9)20-17(24)21-16(12)19/h4-6,12-13,15H,1-3H3,(H3,19,20,21,24)/t12-,13+,15-,18+/m1/s1. The highest BCUT2D eigenvalue weighted by molar-refractivity contribution is 6.01. The smallest absolute Gasteiger partial charge is 0.342 e. The number of benzene rings is 1. The van der Waals surface area contributed by atoms with Gasteiger partial charge in [-0.15, -0.1) is 0 Å². The normalized spacial score (nSPS) is 32.0. The van der Waals surface area contributed by atoms with E-state index in [0.717, 1.165) is 27.8 Å². The van der Waals surface area contributed by atoms with Crippen LogP contribution in [0.15, 0.2) is 28.0 Å².